The third-order valence-electron chi connectivity index (χ3n) is 14.0. The summed E-state index contributed by atoms with van der Waals surface area (Å²) in [4.78, 5) is 28.8. The topological polar surface area (TPSA) is 85.2 Å². The number of ether oxygens (including phenoxy) is 1. The van der Waals surface area contributed by atoms with Crippen LogP contribution in [-0.2, 0) is 19.2 Å². The minimum Gasteiger partial charge on any atom is -0.465 e. The van der Waals surface area contributed by atoms with E-state index in [1.54, 1.807) is 0 Å². The number of rotatable bonds is 5. The summed E-state index contributed by atoms with van der Waals surface area (Å²) in [6, 6.07) is 0. The molecule has 5 rings (SSSR count). The van der Waals surface area contributed by atoms with Crippen LogP contribution in [0.25, 0.3) is 0 Å². The van der Waals surface area contributed by atoms with E-state index in [1.165, 1.54) is 45.1 Å². The molecule has 5 aliphatic rings. The second kappa shape index (κ2) is 9.95. The zero-order valence-electron chi connectivity index (χ0n) is 26.1. The molecule has 224 valence electrons. The number of hydrogen-bond acceptors (Lipinski definition) is 6. The van der Waals surface area contributed by atoms with Crippen LogP contribution in [0, 0.1) is 56.7 Å². The Bertz CT molecular complexity index is 1100. The molecule has 0 aromatic carbocycles. The lowest BCUT2D eigenvalue weighted by Crippen LogP contribution is -2.67. The first-order chi connectivity index (χ1) is 18.7. The van der Waals surface area contributed by atoms with Crippen LogP contribution in [0.2, 0.25) is 0 Å². The van der Waals surface area contributed by atoms with Gasteiger partial charge in [0, 0.05) is 25.9 Å². The molecule has 0 heterocycles. The van der Waals surface area contributed by atoms with E-state index >= 15 is 0 Å². The second-order valence-corrected chi connectivity index (χ2v) is 15.5. The van der Waals surface area contributed by atoms with E-state index in [0.29, 0.717) is 30.3 Å². The Morgan fingerprint density at radius 1 is 0.900 bits per heavy atom. The lowest BCUT2D eigenvalue weighted by atomic mass is 9.32. The zero-order valence-corrected chi connectivity index (χ0v) is 26.1. The van der Waals surface area contributed by atoms with Gasteiger partial charge in [-0.2, -0.15) is 0 Å². The predicted octanol–water partition coefficient (Wildman–Crippen LogP) is 7.10. The van der Waals surface area contributed by atoms with Gasteiger partial charge in [-0.3, -0.25) is 4.79 Å². The van der Waals surface area contributed by atoms with Crippen molar-refractivity contribution in [1.82, 2.24) is 0 Å². The molecular weight excluding hydrogens is 502 g/mol. The Kier molecular flexibility index (Phi) is 7.41. The van der Waals surface area contributed by atoms with Gasteiger partial charge in [-0.05, 0) is 122 Å². The standard InChI is InChI=1S/C34H53NO5/c1-21(2)24-11-16-34(19-36)18-17-32(7)25(29(24)34)9-10-27-30(5)14-13-28(35-40-23(4)38)31(6,20-39-22(3)37)26(30)12-15-33(27,32)8/h24-27,29,36H,1,9-20H2,2-8H3/b35-28-/t24-,25+,26+,27+,29+,30-,31?,32+,33+,34+/m0/s1. The fourth-order valence-electron chi connectivity index (χ4n) is 11.9. The van der Waals surface area contributed by atoms with Crippen LogP contribution in [0.4, 0.5) is 0 Å². The van der Waals surface area contributed by atoms with Crippen LogP contribution < -0.4 is 0 Å². The lowest BCUT2D eigenvalue weighted by molar-refractivity contribution is -0.233. The molecule has 40 heavy (non-hydrogen) atoms. The molecule has 6 heteroatoms. The number of esters is 1. The highest BCUT2D eigenvalue weighted by molar-refractivity contribution is 5.91. The molecule has 0 spiro atoms. The summed E-state index contributed by atoms with van der Waals surface area (Å²) in [5, 5.41) is 15.1. The first-order valence-corrected chi connectivity index (χ1v) is 15.8. The Morgan fingerprint density at radius 2 is 1.62 bits per heavy atom. The van der Waals surface area contributed by atoms with E-state index in [2.05, 4.69) is 46.4 Å². The number of carbonyl (C=O) groups is 2. The van der Waals surface area contributed by atoms with Gasteiger partial charge in [-0.1, -0.05) is 45.0 Å². The van der Waals surface area contributed by atoms with E-state index in [9.17, 15) is 14.7 Å². The van der Waals surface area contributed by atoms with E-state index < -0.39 is 11.4 Å². The molecule has 5 fully saturated rings. The van der Waals surface area contributed by atoms with Crippen molar-refractivity contribution in [1.29, 1.82) is 0 Å². The molecule has 1 N–H and O–H groups in total. The molecule has 5 aliphatic carbocycles. The van der Waals surface area contributed by atoms with Crippen molar-refractivity contribution < 1.29 is 24.3 Å². The summed E-state index contributed by atoms with van der Waals surface area (Å²) in [6.45, 7) is 20.0. The maximum absolute atomic E-state index is 12.0. The molecule has 0 bridgehead atoms. The molecule has 10 atom stereocenters. The molecule has 1 unspecified atom stereocenters. The molecule has 0 radical (unpaired) electrons. The largest absolute Gasteiger partial charge is 0.465 e. The average Bonchev–Trinajstić information content (AvgIpc) is 3.28. The van der Waals surface area contributed by atoms with Crippen molar-refractivity contribution in [2.45, 2.75) is 113 Å². The molecule has 0 amide bonds. The van der Waals surface area contributed by atoms with Gasteiger partial charge in [-0.15, -0.1) is 0 Å². The van der Waals surface area contributed by atoms with E-state index in [-0.39, 0.29) is 40.2 Å². The summed E-state index contributed by atoms with van der Waals surface area (Å²) in [6.07, 6.45) is 11.0. The van der Waals surface area contributed by atoms with E-state index in [0.717, 1.165) is 44.2 Å². The number of allylic oxidation sites excluding steroid dienone is 1. The number of nitrogens with zero attached hydrogens (tertiary/aromatic N) is 1. The second-order valence-electron chi connectivity index (χ2n) is 15.5. The Balaban J connectivity index is 1.52. The Labute approximate surface area is 241 Å². The van der Waals surface area contributed by atoms with E-state index in [1.807, 2.05) is 0 Å². The zero-order chi connectivity index (χ0) is 29.3. The van der Waals surface area contributed by atoms with Crippen molar-refractivity contribution in [3.05, 3.63) is 12.2 Å². The third kappa shape index (κ3) is 4.08. The third-order valence-corrected chi connectivity index (χ3v) is 14.0. The summed E-state index contributed by atoms with van der Waals surface area (Å²) in [5.41, 5.74) is 2.23. The van der Waals surface area contributed by atoms with Gasteiger partial charge in [0.1, 0.15) is 6.61 Å². The number of hydrogen-bond donors (Lipinski definition) is 1. The highest BCUT2D eigenvalue weighted by Crippen LogP contribution is 2.77. The molecule has 0 saturated heterocycles. The van der Waals surface area contributed by atoms with Crippen LogP contribution in [0.5, 0.6) is 0 Å². The van der Waals surface area contributed by atoms with Gasteiger partial charge in [0.15, 0.2) is 0 Å². The summed E-state index contributed by atoms with van der Waals surface area (Å²) >= 11 is 0. The predicted molar refractivity (Wildman–Crippen MR) is 156 cm³/mol. The van der Waals surface area contributed by atoms with Gasteiger partial charge in [0.05, 0.1) is 5.71 Å². The normalized spacial score (nSPS) is 48.8. The number of carbonyl (C=O) groups excluding carboxylic acids is 2. The summed E-state index contributed by atoms with van der Waals surface area (Å²) in [7, 11) is 0. The van der Waals surface area contributed by atoms with Gasteiger partial charge in [0.25, 0.3) is 0 Å². The van der Waals surface area contributed by atoms with Crippen molar-refractivity contribution in [2.75, 3.05) is 13.2 Å². The highest BCUT2D eigenvalue weighted by atomic mass is 16.7. The maximum Gasteiger partial charge on any atom is 0.331 e. The van der Waals surface area contributed by atoms with Crippen LogP contribution in [0.3, 0.4) is 0 Å². The van der Waals surface area contributed by atoms with Gasteiger partial charge in [0.2, 0.25) is 0 Å². The Morgan fingerprint density at radius 3 is 2.25 bits per heavy atom. The van der Waals surface area contributed by atoms with Crippen molar-refractivity contribution >= 4 is 17.7 Å². The fourth-order valence-corrected chi connectivity index (χ4v) is 11.9. The summed E-state index contributed by atoms with van der Waals surface area (Å²) < 4.78 is 5.70. The smallest absolute Gasteiger partial charge is 0.331 e. The number of fused-ring (bicyclic) bond motifs is 7. The van der Waals surface area contributed by atoms with Crippen molar-refractivity contribution in [2.24, 2.45) is 61.8 Å². The van der Waals surface area contributed by atoms with Crippen LogP contribution in [0.1, 0.15) is 113 Å². The monoisotopic (exact) mass is 555 g/mol. The van der Waals surface area contributed by atoms with Crippen molar-refractivity contribution in [3.63, 3.8) is 0 Å². The molecular formula is C34H53NO5. The number of aliphatic hydroxyl groups is 1. The Hall–Kier alpha value is -1.69. The number of aliphatic hydroxyl groups excluding tert-OH is 1. The van der Waals surface area contributed by atoms with Crippen LogP contribution >= 0.6 is 0 Å². The summed E-state index contributed by atoms with van der Waals surface area (Å²) in [5.74, 6) is 1.79. The minimum absolute atomic E-state index is 0.0631. The molecule has 6 nitrogen and oxygen atoms in total. The highest BCUT2D eigenvalue weighted by Gasteiger charge is 2.71. The first-order valence-electron chi connectivity index (χ1n) is 15.8. The number of oxime groups is 1. The van der Waals surface area contributed by atoms with Crippen LogP contribution in [0.15, 0.2) is 17.3 Å². The van der Waals surface area contributed by atoms with Gasteiger partial charge >= 0.3 is 11.9 Å². The quantitative estimate of drug-likeness (QED) is 0.169. The minimum atomic E-state index is -0.470. The molecule has 0 aromatic heterocycles. The van der Waals surface area contributed by atoms with Gasteiger partial charge in [-0.25, -0.2) is 4.79 Å². The fraction of sp³-hybridized carbons (Fsp3) is 0.853. The molecule has 5 saturated carbocycles. The average molecular weight is 556 g/mol. The lowest BCUT2D eigenvalue weighted by Gasteiger charge is -2.72. The van der Waals surface area contributed by atoms with Crippen LogP contribution in [-0.4, -0.2) is 36.0 Å². The SMILES string of the molecule is C=C(C)[C@@H]1CC[C@]2(CO)CC[C@]3(C)[C@H](CC[C@@H]4[C@@]5(C)CC/C(=N/OC(C)=O)C(C)(COC(C)=O)[C@@H]5CC[C@]43C)[C@@H]12. The molecule has 0 aliphatic heterocycles. The maximum atomic E-state index is 12.0. The van der Waals surface area contributed by atoms with E-state index in [4.69, 9.17) is 9.57 Å². The van der Waals surface area contributed by atoms with Crippen molar-refractivity contribution in [3.8, 4) is 0 Å². The molecule has 0 aromatic rings. The van der Waals surface area contributed by atoms with Gasteiger partial charge < -0.3 is 14.7 Å². The first kappa shape index (κ1) is 29.8.